The molecule has 3 rings (SSSR count). The molecule has 2 N–H and O–H groups in total. The van der Waals surface area contributed by atoms with E-state index in [4.69, 9.17) is 15.9 Å². The Hall–Kier alpha value is -3.30. The van der Waals surface area contributed by atoms with Crippen molar-refractivity contribution in [3.05, 3.63) is 59.7 Å². The van der Waals surface area contributed by atoms with Gasteiger partial charge in [-0.2, -0.15) is 0 Å². The maximum absolute atomic E-state index is 12.4. The summed E-state index contributed by atoms with van der Waals surface area (Å²) in [6.45, 7) is 1.60. The molecule has 29 heavy (non-hydrogen) atoms. The number of hydrogen-bond acceptors (Lipinski definition) is 4. The maximum atomic E-state index is 12.4. The highest BCUT2D eigenvalue weighted by Gasteiger charge is 2.40. The lowest BCUT2D eigenvalue weighted by molar-refractivity contribution is -0.142. The number of alkyl carbamates (subject to hydrolysis) is 1. The van der Waals surface area contributed by atoms with Crippen LogP contribution < -0.4 is 5.32 Å². The average Bonchev–Trinajstić information content (AvgIpc) is 3.04. The van der Waals surface area contributed by atoms with Gasteiger partial charge in [0, 0.05) is 13.0 Å². The van der Waals surface area contributed by atoms with Crippen molar-refractivity contribution in [2.24, 2.45) is 5.41 Å². The van der Waals surface area contributed by atoms with Crippen molar-refractivity contribution in [1.82, 2.24) is 5.32 Å². The number of terminal acetylenes is 1. The van der Waals surface area contributed by atoms with E-state index < -0.39 is 23.5 Å². The molecule has 6 nitrogen and oxygen atoms in total. The Morgan fingerprint density at radius 3 is 2.21 bits per heavy atom. The Morgan fingerprint density at radius 1 is 1.17 bits per heavy atom. The molecule has 0 aromatic heterocycles. The van der Waals surface area contributed by atoms with E-state index in [1.54, 1.807) is 6.92 Å². The molecule has 0 saturated carbocycles. The van der Waals surface area contributed by atoms with Crippen LogP contribution in [0.15, 0.2) is 48.5 Å². The lowest BCUT2D eigenvalue weighted by atomic mass is 9.84. The highest BCUT2D eigenvalue weighted by atomic mass is 16.5. The number of hydrogen-bond donors (Lipinski definition) is 2. The molecular formula is C23H23NO5. The number of rotatable bonds is 7. The molecule has 2 aromatic carbocycles. The highest BCUT2D eigenvalue weighted by molar-refractivity contribution is 5.82. The van der Waals surface area contributed by atoms with E-state index in [0.717, 1.165) is 22.3 Å². The van der Waals surface area contributed by atoms with Gasteiger partial charge < -0.3 is 19.9 Å². The van der Waals surface area contributed by atoms with Gasteiger partial charge in [-0.05, 0) is 29.2 Å². The van der Waals surface area contributed by atoms with Crippen LogP contribution in [0.2, 0.25) is 0 Å². The fourth-order valence-corrected chi connectivity index (χ4v) is 3.76. The van der Waals surface area contributed by atoms with Gasteiger partial charge >= 0.3 is 12.1 Å². The fourth-order valence-electron chi connectivity index (χ4n) is 3.76. The van der Waals surface area contributed by atoms with Crippen LogP contribution in [0.3, 0.4) is 0 Å². The highest BCUT2D eigenvalue weighted by Crippen LogP contribution is 2.44. The molecule has 0 unspecified atom stereocenters. The first-order valence-electron chi connectivity index (χ1n) is 9.22. The predicted octanol–water partition coefficient (Wildman–Crippen LogP) is 3.26. The number of carbonyl (C=O) groups excluding carboxylic acids is 1. The van der Waals surface area contributed by atoms with Crippen molar-refractivity contribution >= 4 is 12.1 Å². The Morgan fingerprint density at radius 2 is 1.72 bits per heavy atom. The summed E-state index contributed by atoms with van der Waals surface area (Å²) in [5, 5.41) is 11.9. The molecule has 0 spiro atoms. The van der Waals surface area contributed by atoms with Crippen molar-refractivity contribution in [2.75, 3.05) is 20.3 Å². The molecule has 0 saturated heterocycles. The van der Waals surface area contributed by atoms with Crippen molar-refractivity contribution < 1.29 is 24.2 Å². The van der Waals surface area contributed by atoms with Crippen molar-refractivity contribution in [3.63, 3.8) is 0 Å². The fraction of sp³-hybridized carbons (Fsp3) is 0.304. The third-order valence-corrected chi connectivity index (χ3v) is 5.26. The standard InChI is InChI=1S/C23H23NO5/c1-4-23(2,14-28-3)20(21(25)26)24-22(27)29-13-19-17-11-7-5-9-15(17)16-10-6-8-12-18(16)19/h1,5-12,19-20H,13-14H2,2-3H3,(H,24,27)(H,25,26)/t20-,23-/m0/s1. The molecule has 0 aliphatic heterocycles. The van der Waals surface area contributed by atoms with Crippen LogP contribution in [0.1, 0.15) is 24.0 Å². The van der Waals surface area contributed by atoms with Gasteiger partial charge in [0.05, 0.1) is 12.0 Å². The Kier molecular flexibility index (Phi) is 5.90. The zero-order valence-electron chi connectivity index (χ0n) is 16.3. The molecule has 0 fully saturated rings. The number of ether oxygens (including phenoxy) is 2. The minimum atomic E-state index is -1.34. The second-order valence-corrected chi connectivity index (χ2v) is 7.24. The van der Waals surface area contributed by atoms with Crippen molar-refractivity contribution in [3.8, 4) is 23.5 Å². The molecule has 2 atom stereocenters. The quantitative estimate of drug-likeness (QED) is 0.706. The van der Waals surface area contributed by atoms with Gasteiger partial charge in [-0.3, -0.25) is 0 Å². The van der Waals surface area contributed by atoms with Gasteiger partial charge in [-0.15, -0.1) is 6.42 Å². The zero-order valence-corrected chi connectivity index (χ0v) is 16.3. The third-order valence-electron chi connectivity index (χ3n) is 5.26. The summed E-state index contributed by atoms with van der Waals surface area (Å²) in [6, 6.07) is 14.6. The van der Waals surface area contributed by atoms with Crippen LogP contribution in [0.5, 0.6) is 0 Å². The van der Waals surface area contributed by atoms with Gasteiger partial charge in [0.1, 0.15) is 12.6 Å². The van der Waals surface area contributed by atoms with Gasteiger partial charge in [0.2, 0.25) is 0 Å². The number of amides is 1. The normalized spacial score (nSPS) is 15.3. The first-order valence-corrected chi connectivity index (χ1v) is 9.22. The molecule has 6 heteroatoms. The van der Waals surface area contributed by atoms with E-state index in [-0.39, 0.29) is 19.1 Å². The first kappa shape index (κ1) is 20.4. The minimum Gasteiger partial charge on any atom is -0.480 e. The Balaban J connectivity index is 1.74. The van der Waals surface area contributed by atoms with Crippen molar-refractivity contribution in [1.29, 1.82) is 0 Å². The zero-order chi connectivity index (χ0) is 21.0. The van der Waals surface area contributed by atoms with Crippen LogP contribution in [0, 0.1) is 17.8 Å². The molecule has 1 amide bonds. The van der Waals surface area contributed by atoms with E-state index >= 15 is 0 Å². The topological polar surface area (TPSA) is 84.9 Å². The minimum absolute atomic E-state index is 0.0237. The third kappa shape index (κ3) is 3.96. The SMILES string of the molecule is C#C[C@@](C)(COC)[C@@H](NC(=O)OCC1c2ccccc2-c2ccccc21)C(=O)O. The summed E-state index contributed by atoms with van der Waals surface area (Å²) in [7, 11) is 1.42. The molecule has 2 aromatic rings. The maximum Gasteiger partial charge on any atom is 0.407 e. The van der Waals surface area contributed by atoms with Gasteiger partial charge in [0.25, 0.3) is 0 Å². The monoisotopic (exact) mass is 393 g/mol. The lowest BCUT2D eigenvalue weighted by Crippen LogP contribution is -2.53. The van der Waals surface area contributed by atoms with E-state index in [2.05, 4.69) is 11.2 Å². The van der Waals surface area contributed by atoms with E-state index in [9.17, 15) is 14.7 Å². The predicted molar refractivity (Wildman–Crippen MR) is 108 cm³/mol. The summed E-state index contributed by atoms with van der Waals surface area (Å²) < 4.78 is 10.4. The van der Waals surface area contributed by atoms with Crippen LogP contribution in [0.4, 0.5) is 4.79 Å². The molecule has 0 heterocycles. The van der Waals surface area contributed by atoms with E-state index in [1.165, 1.54) is 7.11 Å². The van der Waals surface area contributed by atoms with Gasteiger partial charge in [-0.1, -0.05) is 54.5 Å². The summed E-state index contributed by atoms with van der Waals surface area (Å²) >= 11 is 0. The Bertz CT molecular complexity index is 918. The second-order valence-electron chi connectivity index (χ2n) is 7.24. The molecular weight excluding hydrogens is 370 g/mol. The Labute approximate surface area is 169 Å². The first-order chi connectivity index (χ1) is 13.9. The molecule has 1 aliphatic rings. The van der Waals surface area contributed by atoms with E-state index in [1.807, 2.05) is 48.5 Å². The van der Waals surface area contributed by atoms with Crippen LogP contribution in [-0.2, 0) is 14.3 Å². The van der Waals surface area contributed by atoms with Crippen molar-refractivity contribution in [2.45, 2.75) is 18.9 Å². The van der Waals surface area contributed by atoms with E-state index in [0.29, 0.717) is 0 Å². The number of carbonyl (C=O) groups is 2. The second kappa shape index (κ2) is 8.38. The number of nitrogens with one attached hydrogen (secondary N) is 1. The number of aliphatic carboxylic acids is 1. The number of fused-ring (bicyclic) bond motifs is 3. The van der Waals surface area contributed by atoms with Crippen LogP contribution in [-0.4, -0.2) is 43.5 Å². The summed E-state index contributed by atoms with van der Waals surface area (Å²) in [6.07, 6.45) is 4.67. The lowest BCUT2D eigenvalue weighted by Gasteiger charge is -2.30. The van der Waals surface area contributed by atoms with Gasteiger partial charge in [-0.25, -0.2) is 9.59 Å². The number of carboxylic acid groups (broad SMARTS) is 1. The molecule has 0 bridgehead atoms. The van der Waals surface area contributed by atoms with Gasteiger partial charge in [0.15, 0.2) is 0 Å². The summed E-state index contributed by atoms with van der Waals surface area (Å²) in [5.41, 5.74) is 3.15. The molecule has 1 aliphatic carbocycles. The number of benzene rings is 2. The smallest absolute Gasteiger partial charge is 0.407 e. The average molecular weight is 393 g/mol. The molecule has 0 radical (unpaired) electrons. The number of methoxy groups -OCH3 is 1. The molecule has 150 valence electrons. The summed E-state index contributed by atoms with van der Waals surface area (Å²) in [4.78, 5) is 24.1. The van der Waals surface area contributed by atoms with Crippen LogP contribution in [0.25, 0.3) is 11.1 Å². The largest absolute Gasteiger partial charge is 0.480 e. The number of carboxylic acids is 1. The summed E-state index contributed by atoms with van der Waals surface area (Å²) in [5.74, 6) is 1.04. The van der Waals surface area contributed by atoms with Crippen LogP contribution >= 0.6 is 0 Å².